The SMILES string of the molecule is N#Cc1ccc(OCCO)c(Br)c1. The van der Waals surface area contributed by atoms with Crippen molar-refractivity contribution in [2.75, 3.05) is 13.2 Å². The first kappa shape index (κ1) is 10.0. The standard InChI is InChI=1S/C9H8BrNO2/c10-8-5-7(6-11)1-2-9(8)13-4-3-12/h1-2,5,12H,3-4H2. The summed E-state index contributed by atoms with van der Waals surface area (Å²) in [5, 5.41) is 17.1. The molecular formula is C9H8BrNO2. The minimum Gasteiger partial charge on any atom is -0.490 e. The second kappa shape index (κ2) is 4.85. The smallest absolute Gasteiger partial charge is 0.133 e. The van der Waals surface area contributed by atoms with Gasteiger partial charge in [0.1, 0.15) is 12.4 Å². The molecule has 0 radical (unpaired) electrons. The van der Waals surface area contributed by atoms with E-state index in [1.807, 2.05) is 6.07 Å². The fourth-order valence-corrected chi connectivity index (χ4v) is 1.34. The van der Waals surface area contributed by atoms with Crippen molar-refractivity contribution >= 4 is 15.9 Å². The van der Waals surface area contributed by atoms with Gasteiger partial charge in [-0.1, -0.05) is 0 Å². The maximum Gasteiger partial charge on any atom is 0.133 e. The van der Waals surface area contributed by atoms with Crippen LogP contribution >= 0.6 is 15.9 Å². The molecule has 0 amide bonds. The number of ether oxygens (including phenoxy) is 1. The maximum atomic E-state index is 8.58. The Morgan fingerprint density at radius 2 is 2.31 bits per heavy atom. The van der Waals surface area contributed by atoms with Gasteiger partial charge in [-0.2, -0.15) is 5.26 Å². The molecule has 0 aromatic heterocycles. The van der Waals surface area contributed by atoms with Crippen molar-refractivity contribution in [1.29, 1.82) is 5.26 Å². The molecule has 4 heteroatoms. The molecule has 3 nitrogen and oxygen atoms in total. The molecular weight excluding hydrogens is 234 g/mol. The van der Waals surface area contributed by atoms with Crippen molar-refractivity contribution in [3.05, 3.63) is 28.2 Å². The first-order chi connectivity index (χ1) is 6.27. The number of nitrogens with zero attached hydrogens (tertiary/aromatic N) is 1. The van der Waals surface area contributed by atoms with Crippen molar-refractivity contribution in [3.8, 4) is 11.8 Å². The van der Waals surface area contributed by atoms with E-state index in [1.54, 1.807) is 18.2 Å². The maximum absolute atomic E-state index is 8.58. The van der Waals surface area contributed by atoms with Crippen LogP contribution in [0.15, 0.2) is 22.7 Å². The highest BCUT2D eigenvalue weighted by Gasteiger charge is 2.01. The summed E-state index contributed by atoms with van der Waals surface area (Å²) in [7, 11) is 0. The molecule has 0 aliphatic rings. The lowest BCUT2D eigenvalue weighted by Gasteiger charge is -2.05. The van der Waals surface area contributed by atoms with Gasteiger partial charge in [-0.15, -0.1) is 0 Å². The zero-order valence-electron chi connectivity index (χ0n) is 6.83. The summed E-state index contributed by atoms with van der Waals surface area (Å²) in [6, 6.07) is 7.05. The lowest BCUT2D eigenvalue weighted by molar-refractivity contribution is 0.200. The molecule has 0 saturated carbocycles. The number of halogens is 1. The molecule has 0 aliphatic carbocycles. The van der Waals surface area contributed by atoms with Crippen LogP contribution in [0.5, 0.6) is 5.75 Å². The van der Waals surface area contributed by atoms with Gasteiger partial charge in [0.2, 0.25) is 0 Å². The summed E-state index contributed by atoms with van der Waals surface area (Å²) in [5.41, 5.74) is 0.572. The van der Waals surface area contributed by atoms with Gasteiger partial charge in [-0.3, -0.25) is 0 Å². The Labute approximate surface area is 84.7 Å². The van der Waals surface area contributed by atoms with Crippen LogP contribution in [-0.2, 0) is 0 Å². The summed E-state index contributed by atoms with van der Waals surface area (Å²) in [6.45, 7) is 0.233. The Kier molecular flexibility index (Phi) is 3.74. The fourth-order valence-electron chi connectivity index (χ4n) is 0.843. The minimum atomic E-state index is -0.0214. The molecule has 1 rings (SSSR count). The van der Waals surface area contributed by atoms with Gasteiger partial charge < -0.3 is 9.84 Å². The van der Waals surface area contributed by atoms with E-state index in [2.05, 4.69) is 15.9 Å². The molecule has 0 aliphatic heterocycles. The van der Waals surface area contributed by atoms with Gasteiger partial charge in [0, 0.05) is 0 Å². The summed E-state index contributed by atoms with van der Waals surface area (Å²) in [5.74, 6) is 0.632. The van der Waals surface area contributed by atoms with E-state index in [4.69, 9.17) is 15.1 Å². The molecule has 0 saturated heterocycles. The molecule has 0 atom stereocenters. The van der Waals surface area contributed by atoms with Crippen LogP contribution in [0.25, 0.3) is 0 Å². The zero-order valence-corrected chi connectivity index (χ0v) is 8.41. The Morgan fingerprint density at radius 1 is 1.54 bits per heavy atom. The van der Waals surface area contributed by atoms with E-state index >= 15 is 0 Å². The quantitative estimate of drug-likeness (QED) is 0.877. The Morgan fingerprint density at radius 3 is 2.85 bits per heavy atom. The number of benzene rings is 1. The van der Waals surface area contributed by atoms with E-state index in [9.17, 15) is 0 Å². The minimum absolute atomic E-state index is 0.0214. The Bertz CT molecular complexity index is 333. The number of aliphatic hydroxyl groups excluding tert-OH is 1. The Balaban J connectivity index is 2.81. The van der Waals surface area contributed by atoms with Crippen molar-refractivity contribution in [3.63, 3.8) is 0 Å². The fraction of sp³-hybridized carbons (Fsp3) is 0.222. The number of aliphatic hydroxyl groups is 1. The van der Waals surface area contributed by atoms with Crippen LogP contribution in [0.3, 0.4) is 0 Å². The topological polar surface area (TPSA) is 53.2 Å². The van der Waals surface area contributed by atoms with E-state index in [1.165, 1.54) is 0 Å². The summed E-state index contributed by atoms with van der Waals surface area (Å²) >= 11 is 3.26. The lowest BCUT2D eigenvalue weighted by Crippen LogP contribution is -2.01. The number of rotatable bonds is 3. The van der Waals surface area contributed by atoms with E-state index < -0.39 is 0 Å². The monoisotopic (exact) mass is 241 g/mol. The van der Waals surface area contributed by atoms with Crippen LogP contribution in [0.1, 0.15) is 5.56 Å². The highest BCUT2D eigenvalue weighted by Crippen LogP contribution is 2.25. The summed E-state index contributed by atoms with van der Waals surface area (Å²) < 4.78 is 5.90. The molecule has 1 N–H and O–H groups in total. The van der Waals surface area contributed by atoms with Gasteiger partial charge in [-0.05, 0) is 34.1 Å². The van der Waals surface area contributed by atoms with Gasteiger partial charge in [-0.25, -0.2) is 0 Å². The number of nitriles is 1. The normalized spacial score (nSPS) is 9.31. The summed E-state index contributed by atoms with van der Waals surface area (Å²) in [4.78, 5) is 0. The predicted octanol–water partition coefficient (Wildman–Crippen LogP) is 1.69. The second-order valence-corrected chi connectivity index (χ2v) is 3.18. The molecule has 68 valence electrons. The first-order valence-corrected chi connectivity index (χ1v) is 4.50. The second-order valence-electron chi connectivity index (χ2n) is 2.33. The van der Waals surface area contributed by atoms with Gasteiger partial charge >= 0.3 is 0 Å². The van der Waals surface area contributed by atoms with Crippen molar-refractivity contribution in [1.82, 2.24) is 0 Å². The van der Waals surface area contributed by atoms with Crippen LogP contribution in [0.4, 0.5) is 0 Å². The van der Waals surface area contributed by atoms with Gasteiger partial charge in [0.05, 0.1) is 22.7 Å². The van der Waals surface area contributed by atoms with E-state index in [-0.39, 0.29) is 13.2 Å². The number of hydrogen-bond donors (Lipinski definition) is 1. The van der Waals surface area contributed by atoms with Crippen molar-refractivity contribution in [2.24, 2.45) is 0 Å². The molecule has 0 bridgehead atoms. The summed E-state index contributed by atoms with van der Waals surface area (Å²) in [6.07, 6.45) is 0. The Hall–Kier alpha value is -1.05. The van der Waals surface area contributed by atoms with Gasteiger partial charge in [0.15, 0.2) is 0 Å². The lowest BCUT2D eigenvalue weighted by atomic mass is 10.2. The van der Waals surface area contributed by atoms with Crippen LogP contribution in [-0.4, -0.2) is 18.3 Å². The molecule has 0 heterocycles. The highest BCUT2D eigenvalue weighted by atomic mass is 79.9. The molecule has 13 heavy (non-hydrogen) atoms. The molecule has 0 fully saturated rings. The predicted molar refractivity (Wildman–Crippen MR) is 51.4 cm³/mol. The molecule has 0 unspecified atom stereocenters. The first-order valence-electron chi connectivity index (χ1n) is 3.71. The average Bonchev–Trinajstić information content (AvgIpc) is 2.16. The largest absolute Gasteiger partial charge is 0.490 e. The highest BCUT2D eigenvalue weighted by molar-refractivity contribution is 9.10. The third-order valence-corrected chi connectivity index (χ3v) is 2.03. The number of hydrogen-bond acceptors (Lipinski definition) is 3. The van der Waals surface area contributed by atoms with Crippen LogP contribution < -0.4 is 4.74 Å². The average molecular weight is 242 g/mol. The van der Waals surface area contributed by atoms with Crippen LogP contribution in [0.2, 0.25) is 0 Å². The van der Waals surface area contributed by atoms with Crippen molar-refractivity contribution < 1.29 is 9.84 Å². The zero-order chi connectivity index (χ0) is 9.68. The molecule has 0 spiro atoms. The third-order valence-electron chi connectivity index (χ3n) is 1.41. The van der Waals surface area contributed by atoms with Crippen molar-refractivity contribution in [2.45, 2.75) is 0 Å². The van der Waals surface area contributed by atoms with Crippen LogP contribution in [0, 0.1) is 11.3 Å². The third kappa shape index (κ3) is 2.72. The van der Waals surface area contributed by atoms with Gasteiger partial charge in [0.25, 0.3) is 0 Å². The molecule has 1 aromatic carbocycles. The van der Waals surface area contributed by atoms with E-state index in [0.717, 1.165) is 4.47 Å². The van der Waals surface area contributed by atoms with E-state index in [0.29, 0.717) is 11.3 Å². The molecule has 1 aromatic rings.